The minimum Gasteiger partial charge on any atom is -0.322 e. The highest BCUT2D eigenvalue weighted by Crippen LogP contribution is 2.30. The van der Waals surface area contributed by atoms with Gasteiger partial charge in [0.25, 0.3) is 5.91 Å². The maximum absolute atomic E-state index is 12.9. The van der Waals surface area contributed by atoms with Gasteiger partial charge in [0, 0.05) is 43.2 Å². The fraction of sp³-hybridized carbons (Fsp3) is 0.550. The number of nitrogens with zero attached hydrogens (tertiary/aromatic N) is 1. The minimum absolute atomic E-state index is 0.107. The quantitative estimate of drug-likeness (QED) is 0.671. The second-order valence-corrected chi connectivity index (χ2v) is 8.24. The Morgan fingerprint density at radius 3 is 2.63 bits per heavy atom. The van der Waals surface area contributed by atoms with E-state index in [9.17, 15) is 14.4 Å². The molecule has 7 heteroatoms. The van der Waals surface area contributed by atoms with Crippen LogP contribution in [-0.2, 0) is 22.7 Å². The first-order valence-electron chi connectivity index (χ1n) is 9.83. The van der Waals surface area contributed by atoms with Gasteiger partial charge in [-0.15, -0.1) is 0 Å². The van der Waals surface area contributed by atoms with Crippen molar-refractivity contribution in [3.63, 3.8) is 0 Å². The molecule has 4 aliphatic heterocycles. The topological polar surface area (TPSA) is 90.5 Å². The average molecular weight is 368 g/mol. The van der Waals surface area contributed by atoms with Crippen LogP contribution < -0.4 is 16.0 Å². The Balaban J connectivity index is 1.25. The van der Waals surface area contributed by atoms with Crippen LogP contribution in [0.5, 0.6) is 0 Å². The van der Waals surface area contributed by atoms with E-state index in [1.54, 1.807) is 4.90 Å². The highest BCUT2D eigenvalue weighted by Gasteiger charge is 2.39. The molecule has 3 amide bonds. The van der Waals surface area contributed by atoms with Gasteiger partial charge in [-0.1, -0.05) is 12.1 Å². The molecule has 0 spiro atoms. The normalized spacial score (nSPS) is 32.1. The van der Waals surface area contributed by atoms with Gasteiger partial charge in [0.05, 0.1) is 0 Å². The minimum atomic E-state index is -0.550. The van der Waals surface area contributed by atoms with Crippen molar-refractivity contribution in [1.82, 2.24) is 20.9 Å². The molecule has 2 bridgehead atoms. The highest BCUT2D eigenvalue weighted by atomic mass is 16.2. The number of imide groups is 1. The lowest BCUT2D eigenvalue weighted by molar-refractivity contribution is -0.136. The molecule has 3 atom stereocenters. The molecule has 5 aliphatic rings. The van der Waals surface area contributed by atoms with Crippen molar-refractivity contribution in [3.05, 3.63) is 34.9 Å². The van der Waals surface area contributed by atoms with Gasteiger partial charge < -0.3 is 15.5 Å². The standard InChI is InChI=1S/C20H24N4O3/c25-18-4-3-17(19(26)23-18)24-10-12-2-1-11(5-16(12)20(24)27)9-21-13-6-14-8-15(7-13)22-14/h1-2,5,13-15,17,21-22H,3-4,6-10H2,(H,23,25,26). The van der Waals surface area contributed by atoms with E-state index in [0.717, 1.165) is 17.7 Å². The highest BCUT2D eigenvalue weighted by molar-refractivity contribution is 6.05. The Kier molecular flexibility index (Phi) is 4.02. The van der Waals surface area contributed by atoms with Gasteiger partial charge in [0.2, 0.25) is 11.8 Å². The number of carbonyl (C=O) groups is 3. The summed E-state index contributed by atoms with van der Waals surface area (Å²) in [5.41, 5.74) is 2.74. The van der Waals surface area contributed by atoms with Crippen molar-refractivity contribution in [3.8, 4) is 0 Å². The molecule has 1 aliphatic carbocycles. The molecule has 0 aromatic heterocycles. The van der Waals surface area contributed by atoms with Gasteiger partial charge in [-0.2, -0.15) is 0 Å². The molecule has 7 nitrogen and oxygen atoms in total. The number of carbonyl (C=O) groups excluding carboxylic acids is 3. The summed E-state index contributed by atoms with van der Waals surface area (Å²) in [7, 11) is 0. The number of benzene rings is 1. The van der Waals surface area contributed by atoms with Crippen molar-refractivity contribution in [2.45, 2.75) is 69.4 Å². The molecule has 1 aromatic rings. The Hall–Kier alpha value is -2.25. The number of hydrogen-bond acceptors (Lipinski definition) is 5. The van der Waals surface area contributed by atoms with E-state index >= 15 is 0 Å². The SMILES string of the molecule is O=C1CCC(N2Cc3ccc(CNC4CC5CC(C4)N5)cc3C2=O)C(=O)N1. The molecule has 0 radical (unpaired) electrons. The Morgan fingerprint density at radius 1 is 1.11 bits per heavy atom. The lowest BCUT2D eigenvalue weighted by Crippen LogP contribution is -2.61. The summed E-state index contributed by atoms with van der Waals surface area (Å²) in [6.45, 7) is 1.19. The van der Waals surface area contributed by atoms with Crippen LogP contribution in [-0.4, -0.2) is 46.8 Å². The van der Waals surface area contributed by atoms with Crippen LogP contribution in [0.15, 0.2) is 18.2 Å². The van der Waals surface area contributed by atoms with Crippen molar-refractivity contribution >= 4 is 17.7 Å². The van der Waals surface area contributed by atoms with E-state index < -0.39 is 6.04 Å². The van der Waals surface area contributed by atoms with Gasteiger partial charge >= 0.3 is 0 Å². The van der Waals surface area contributed by atoms with Crippen LogP contribution in [0.25, 0.3) is 0 Å². The Labute approximate surface area is 157 Å². The number of nitrogens with one attached hydrogen (secondary N) is 3. The third-order valence-electron chi connectivity index (χ3n) is 6.37. The van der Waals surface area contributed by atoms with Crippen molar-refractivity contribution < 1.29 is 14.4 Å². The van der Waals surface area contributed by atoms with Crippen molar-refractivity contribution in [2.24, 2.45) is 0 Å². The maximum Gasteiger partial charge on any atom is 0.255 e. The summed E-state index contributed by atoms with van der Waals surface area (Å²) in [6, 6.07) is 7.35. The molecule has 142 valence electrons. The molecule has 1 saturated carbocycles. The summed E-state index contributed by atoms with van der Waals surface area (Å²) in [6.07, 6.45) is 4.33. The Morgan fingerprint density at radius 2 is 1.89 bits per heavy atom. The molecule has 3 unspecified atom stereocenters. The lowest BCUT2D eigenvalue weighted by Gasteiger charge is -2.46. The second-order valence-electron chi connectivity index (χ2n) is 8.24. The summed E-state index contributed by atoms with van der Waals surface area (Å²) in [5, 5.41) is 9.51. The fourth-order valence-corrected chi connectivity index (χ4v) is 4.90. The molecule has 4 heterocycles. The van der Waals surface area contributed by atoms with Gasteiger partial charge in [0.15, 0.2) is 0 Å². The molecule has 3 N–H and O–H groups in total. The zero-order valence-electron chi connectivity index (χ0n) is 15.2. The molecular weight excluding hydrogens is 344 g/mol. The zero-order valence-corrected chi connectivity index (χ0v) is 15.2. The van der Waals surface area contributed by atoms with E-state index in [4.69, 9.17) is 0 Å². The molecule has 3 saturated heterocycles. The van der Waals surface area contributed by atoms with E-state index in [-0.39, 0.29) is 24.1 Å². The maximum atomic E-state index is 12.9. The molecule has 1 aromatic carbocycles. The number of fused-ring (bicyclic) bond motifs is 3. The van der Waals surface area contributed by atoms with E-state index in [1.165, 1.54) is 19.3 Å². The van der Waals surface area contributed by atoms with Gasteiger partial charge in [0.1, 0.15) is 6.04 Å². The van der Waals surface area contributed by atoms with Crippen molar-refractivity contribution in [1.29, 1.82) is 0 Å². The van der Waals surface area contributed by atoms with E-state index in [2.05, 4.69) is 22.0 Å². The molecular formula is C20H24N4O3. The first-order chi connectivity index (χ1) is 13.1. The monoisotopic (exact) mass is 368 g/mol. The largest absolute Gasteiger partial charge is 0.322 e. The van der Waals surface area contributed by atoms with Crippen LogP contribution in [0.3, 0.4) is 0 Å². The predicted octanol–water partition coefficient (Wildman–Crippen LogP) is 0.430. The summed E-state index contributed by atoms with van der Waals surface area (Å²) in [5.74, 6) is -0.729. The number of hydrogen-bond donors (Lipinski definition) is 3. The van der Waals surface area contributed by atoms with Crippen LogP contribution in [0, 0.1) is 0 Å². The van der Waals surface area contributed by atoms with Gasteiger partial charge in [-0.25, -0.2) is 0 Å². The van der Waals surface area contributed by atoms with Crippen LogP contribution in [0.1, 0.15) is 53.6 Å². The molecule has 6 rings (SSSR count). The summed E-state index contributed by atoms with van der Waals surface area (Å²) < 4.78 is 0. The number of amides is 3. The molecule has 27 heavy (non-hydrogen) atoms. The van der Waals surface area contributed by atoms with Crippen LogP contribution in [0.4, 0.5) is 0 Å². The van der Waals surface area contributed by atoms with Gasteiger partial charge in [-0.05, 0) is 42.9 Å². The average Bonchev–Trinajstić information content (AvgIpc) is 2.96. The zero-order chi connectivity index (χ0) is 18.5. The predicted molar refractivity (Wildman–Crippen MR) is 97.7 cm³/mol. The smallest absolute Gasteiger partial charge is 0.255 e. The van der Waals surface area contributed by atoms with Crippen LogP contribution in [0.2, 0.25) is 0 Å². The number of piperidine rings is 2. The third-order valence-corrected chi connectivity index (χ3v) is 6.37. The first-order valence-corrected chi connectivity index (χ1v) is 9.83. The lowest BCUT2D eigenvalue weighted by atomic mass is 9.79. The fourth-order valence-electron chi connectivity index (χ4n) is 4.90. The van der Waals surface area contributed by atoms with Crippen molar-refractivity contribution in [2.75, 3.05) is 0 Å². The molecule has 4 fully saturated rings. The summed E-state index contributed by atoms with van der Waals surface area (Å²) in [4.78, 5) is 37.9. The van der Waals surface area contributed by atoms with E-state index in [0.29, 0.717) is 36.7 Å². The Bertz CT molecular complexity index is 807. The van der Waals surface area contributed by atoms with E-state index in [1.807, 2.05) is 12.1 Å². The summed E-state index contributed by atoms with van der Waals surface area (Å²) >= 11 is 0. The van der Waals surface area contributed by atoms with Gasteiger partial charge in [-0.3, -0.25) is 19.7 Å². The number of rotatable bonds is 4. The third kappa shape index (κ3) is 3.04. The second kappa shape index (κ2) is 6.42. The van der Waals surface area contributed by atoms with Crippen LogP contribution >= 0.6 is 0 Å². The first kappa shape index (κ1) is 16.9.